The summed E-state index contributed by atoms with van der Waals surface area (Å²) in [6.45, 7) is 0.269. The van der Waals surface area contributed by atoms with Gasteiger partial charge in [-0.25, -0.2) is 14.3 Å². The largest absolute Gasteiger partial charge is 0.463 e. The van der Waals surface area contributed by atoms with E-state index in [1.54, 1.807) is 10.9 Å². The number of hydrogen-bond donors (Lipinski definition) is 0. The lowest BCUT2D eigenvalue weighted by Crippen LogP contribution is -2.22. The van der Waals surface area contributed by atoms with Crippen molar-refractivity contribution in [2.45, 2.75) is 12.5 Å². The normalized spacial score (nSPS) is 16.3. The third kappa shape index (κ3) is 3.09. The van der Waals surface area contributed by atoms with Crippen LogP contribution in [-0.2, 0) is 14.3 Å². The van der Waals surface area contributed by atoms with Gasteiger partial charge in [-0.15, -0.1) is 0 Å². The summed E-state index contributed by atoms with van der Waals surface area (Å²) in [5.41, 5.74) is 2.43. The van der Waals surface area contributed by atoms with Crippen molar-refractivity contribution < 1.29 is 19.1 Å². The summed E-state index contributed by atoms with van der Waals surface area (Å²) in [7, 11) is 0. The van der Waals surface area contributed by atoms with Gasteiger partial charge in [-0.3, -0.25) is 0 Å². The summed E-state index contributed by atoms with van der Waals surface area (Å²) < 4.78 is 11.8. The third-order valence-corrected chi connectivity index (χ3v) is 4.14. The second kappa shape index (κ2) is 6.84. The molecular weight excluding hydrogens is 332 g/mol. The molecule has 1 aromatic heterocycles. The van der Waals surface area contributed by atoms with Crippen molar-refractivity contribution in [3.05, 3.63) is 72.4 Å². The highest BCUT2D eigenvalue weighted by Gasteiger charge is 2.32. The van der Waals surface area contributed by atoms with Crippen LogP contribution in [0.3, 0.4) is 0 Å². The van der Waals surface area contributed by atoms with E-state index in [4.69, 9.17) is 9.47 Å². The van der Waals surface area contributed by atoms with Gasteiger partial charge in [-0.2, -0.15) is 5.10 Å². The number of rotatable bonds is 4. The highest BCUT2D eigenvalue weighted by Crippen LogP contribution is 2.25. The van der Waals surface area contributed by atoms with E-state index in [-0.39, 0.29) is 6.61 Å². The molecule has 1 saturated heterocycles. The smallest absolute Gasteiger partial charge is 0.347 e. The van der Waals surface area contributed by atoms with Crippen molar-refractivity contribution in [3.63, 3.8) is 0 Å². The van der Waals surface area contributed by atoms with Crippen molar-refractivity contribution in [1.82, 2.24) is 9.78 Å². The van der Waals surface area contributed by atoms with E-state index in [0.717, 1.165) is 11.3 Å². The maximum atomic E-state index is 12.7. The standard InChI is InChI=1S/C20H16N2O4/c23-19(26-17-11-12-25-20(17)24)16-13-22(15-9-5-2-6-10-15)21-18(16)14-7-3-1-4-8-14/h1-10,13,17H,11-12H2/t17-/m1/s1. The summed E-state index contributed by atoms with van der Waals surface area (Å²) in [6.07, 6.45) is 1.14. The third-order valence-electron chi connectivity index (χ3n) is 4.14. The predicted octanol–water partition coefficient (Wildman–Crippen LogP) is 3.01. The first-order chi connectivity index (χ1) is 12.7. The lowest BCUT2D eigenvalue weighted by atomic mass is 10.1. The molecule has 2 heterocycles. The van der Waals surface area contributed by atoms with Crippen LogP contribution < -0.4 is 0 Å². The fraction of sp³-hybridized carbons (Fsp3) is 0.150. The lowest BCUT2D eigenvalue weighted by molar-refractivity contribution is -0.145. The van der Waals surface area contributed by atoms with Gasteiger partial charge in [0.05, 0.1) is 12.3 Å². The Hall–Kier alpha value is -3.41. The predicted molar refractivity (Wildman–Crippen MR) is 93.8 cm³/mol. The van der Waals surface area contributed by atoms with Gasteiger partial charge in [0.2, 0.25) is 6.10 Å². The highest BCUT2D eigenvalue weighted by molar-refractivity contribution is 5.97. The number of para-hydroxylation sites is 1. The monoisotopic (exact) mass is 348 g/mol. The van der Waals surface area contributed by atoms with Crippen LogP contribution >= 0.6 is 0 Å². The quantitative estimate of drug-likeness (QED) is 0.678. The van der Waals surface area contributed by atoms with Crippen molar-refractivity contribution in [3.8, 4) is 16.9 Å². The molecule has 2 aromatic carbocycles. The van der Waals surface area contributed by atoms with E-state index in [1.807, 2.05) is 60.7 Å². The Morgan fingerprint density at radius 2 is 1.77 bits per heavy atom. The Balaban J connectivity index is 1.73. The summed E-state index contributed by atoms with van der Waals surface area (Å²) >= 11 is 0. The van der Waals surface area contributed by atoms with Gasteiger partial charge in [-0.05, 0) is 12.1 Å². The average Bonchev–Trinajstić information content (AvgIpc) is 3.30. The zero-order valence-corrected chi connectivity index (χ0v) is 13.9. The summed E-state index contributed by atoms with van der Waals surface area (Å²) in [4.78, 5) is 24.3. The van der Waals surface area contributed by atoms with Gasteiger partial charge in [0.25, 0.3) is 0 Å². The van der Waals surface area contributed by atoms with Gasteiger partial charge in [0.15, 0.2) is 0 Å². The minimum Gasteiger partial charge on any atom is -0.463 e. The van der Waals surface area contributed by atoms with Crippen LogP contribution in [0.2, 0.25) is 0 Å². The zero-order chi connectivity index (χ0) is 17.9. The van der Waals surface area contributed by atoms with E-state index < -0.39 is 18.0 Å². The number of cyclic esters (lactones) is 1. The molecule has 6 heteroatoms. The van der Waals surface area contributed by atoms with Crippen LogP contribution in [0.15, 0.2) is 66.9 Å². The van der Waals surface area contributed by atoms with E-state index in [9.17, 15) is 9.59 Å². The summed E-state index contributed by atoms with van der Waals surface area (Å²) in [5.74, 6) is -1.09. The fourth-order valence-electron chi connectivity index (χ4n) is 2.82. The van der Waals surface area contributed by atoms with Crippen LogP contribution in [0.25, 0.3) is 16.9 Å². The molecule has 1 aliphatic rings. The molecule has 1 aliphatic heterocycles. The molecule has 0 N–H and O–H groups in total. The number of hydrogen-bond acceptors (Lipinski definition) is 5. The number of nitrogens with zero attached hydrogens (tertiary/aromatic N) is 2. The van der Waals surface area contributed by atoms with Crippen LogP contribution in [0.4, 0.5) is 0 Å². The van der Waals surface area contributed by atoms with Gasteiger partial charge in [-0.1, -0.05) is 48.5 Å². The number of ether oxygens (including phenoxy) is 2. The van der Waals surface area contributed by atoms with E-state index in [0.29, 0.717) is 17.7 Å². The van der Waals surface area contributed by atoms with Crippen molar-refractivity contribution in [1.29, 1.82) is 0 Å². The second-order valence-corrected chi connectivity index (χ2v) is 5.89. The Bertz CT molecular complexity index is 935. The summed E-state index contributed by atoms with van der Waals surface area (Å²) in [6, 6.07) is 18.9. The summed E-state index contributed by atoms with van der Waals surface area (Å²) in [5, 5.41) is 4.57. The van der Waals surface area contributed by atoms with Crippen LogP contribution in [-0.4, -0.2) is 34.4 Å². The highest BCUT2D eigenvalue weighted by atomic mass is 16.6. The van der Waals surface area contributed by atoms with E-state index in [1.165, 1.54) is 0 Å². The molecule has 0 spiro atoms. The lowest BCUT2D eigenvalue weighted by Gasteiger charge is -2.08. The number of carbonyl (C=O) groups is 2. The second-order valence-electron chi connectivity index (χ2n) is 5.89. The first-order valence-corrected chi connectivity index (χ1v) is 8.30. The first kappa shape index (κ1) is 16.1. The number of aromatic nitrogens is 2. The maximum absolute atomic E-state index is 12.7. The molecule has 0 amide bonds. The molecule has 0 radical (unpaired) electrons. The number of esters is 2. The minimum absolute atomic E-state index is 0.269. The maximum Gasteiger partial charge on any atom is 0.347 e. The van der Waals surface area contributed by atoms with Crippen molar-refractivity contribution in [2.24, 2.45) is 0 Å². The molecule has 0 aliphatic carbocycles. The van der Waals surface area contributed by atoms with Gasteiger partial charge >= 0.3 is 11.9 Å². The fourth-order valence-corrected chi connectivity index (χ4v) is 2.82. The molecule has 130 valence electrons. The molecule has 0 unspecified atom stereocenters. The average molecular weight is 348 g/mol. The molecule has 0 saturated carbocycles. The Morgan fingerprint density at radius 3 is 2.42 bits per heavy atom. The minimum atomic E-state index is -0.855. The zero-order valence-electron chi connectivity index (χ0n) is 13.9. The molecule has 26 heavy (non-hydrogen) atoms. The van der Waals surface area contributed by atoms with Crippen molar-refractivity contribution >= 4 is 11.9 Å². The van der Waals surface area contributed by atoms with Crippen LogP contribution in [0.1, 0.15) is 16.8 Å². The van der Waals surface area contributed by atoms with Gasteiger partial charge < -0.3 is 9.47 Å². The molecule has 3 aromatic rings. The Kier molecular flexibility index (Phi) is 4.23. The first-order valence-electron chi connectivity index (χ1n) is 8.30. The SMILES string of the molecule is O=C(O[C@@H]1CCOC1=O)c1cn(-c2ccccc2)nc1-c1ccccc1. The molecular formula is C20H16N2O4. The van der Waals surface area contributed by atoms with Crippen molar-refractivity contribution in [2.75, 3.05) is 6.61 Å². The van der Waals surface area contributed by atoms with Crippen LogP contribution in [0, 0.1) is 0 Å². The molecule has 6 nitrogen and oxygen atoms in total. The molecule has 0 bridgehead atoms. The topological polar surface area (TPSA) is 70.4 Å². The van der Waals surface area contributed by atoms with E-state index >= 15 is 0 Å². The van der Waals surface area contributed by atoms with Crippen LogP contribution in [0.5, 0.6) is 0 Å². The molecule has 4 rings (SSSR count). The number of carbonyl (C=O) groups excluding carboxylic acids is 2. The number of benzene rings is 2. The van der Waals surface area contributed by atoms with Gasteiger partial charge in [0, 0.05) is 18.2 Å². The van der Waals surface area contributed by atoms with Gasteiger partial charge in [0.1, 0.15) is 11.3 Å². The Labute approximate surface area is 150 Å². The Morgan fingerprint density at radius 1 is 1.08 bits per heavy atom. The molecule has 1 fully saturated rings. The molecule has 1 atom stereocenters. The van der Waals surface area contributed by atoms with E-state index in [2.05, 4.69) is 5.10 Å².